The third-order valence-electron chi connectivity index (χ3n) is 2.95. The van der Waals surface area contributed by atoms with Crippen molar-refractivity contribution in [1.82, 2.24) is 0 Å². The topological polar surface area (TPSA) is 43.4 Å². The van der Waals surface area contributed by atoms with E-state index in [4.69, 9.17) is 4.74 Å². The van der Waals surface area contributed by atoms with Crippen LogP contribution in [-0.4, -0.2) is 19.2 Å². The van der Waals surface area contributed by atoms with Gasteiger partial charge in [-0.15, -0.1) is 0 Å². The van der Waals surface area contributed by atoms with Crippen molar-refractivity contribution in [2.45, 2.75) is 5.60 Å². The van der Waals surface area contributed by atoms with E-state index < -0.39 is 5.60 Å². The molecule has 0 amide bonds. The molecule has 3 nitrogen and oxygen atoms in total. The van der Waals surface area contributed by atoms with E-state index >= 15 is 0 Å². The molecule has 0 bridgehead atoms. The van der Waals surface area contributed by atoms with Gasteiger partial charge >= 0.3 is 0 Å². The fraction of sp³-hybridized carbons (Fsp3) is 0.125. The maximum absolute atomic E-state index is 11.7. The molecule has 0 saturated heterocycles. The van der Waals surface area contributed by atoms with Crippen LogP contribution in [0.2, 0.25) is 0 Å². The normalized spacial score (nSPS) is 10.9. The van der Waals surface area contributed by atoms with Crippen LogP contribution in [0.5, 0.6) is 0 Å². The molecule has 0 atom stereocenters. The average Bonchev–Trinajstić information content (AvgIpc) is 2.51. The van der Waals surface area contributed by atoms with Gasteiger partial charge in [-0.3, -0.25) is 4.79 Å². The van der Waals surface area contributed by atoms with E-state index in [0.717, 1.165) is 6.29 Å². The van der Waals surface area contributed by atoms with E-state index in [0.29, 0.717) is 17.4 Å². The lowest BCUT2D eigenvalue weighted by atomic mass is 9.87. The Kier molecular flexibility index (Phi) is 4.21. The van der Waals surface area contributed by atoms with Crippen LogP contribution in [-0.2, 0) is 19.9 Å². The lowest BCUT2D eigenvalue weighted by molar-refractivity contribution is -0.131. The molecule has 0 radical (unpaired) electrons. The first kappa shape index (κ1) is 13.2. The first-order valence-electron chi connectivity index (χ1n) is 5.98. The number of rotatable bonds is 6. The van der Waals surface area contributed by atoms with Gasteiger partial charge in [0.25, 0.3) is 0 Å². The van der Waals surface area contributed by atoms with Crippen molar-refractivity contribution in [1.29, 1.82) is 0 Å². The summed E-state index contributed by atoms with van der Waals surface area (Å²) in [5.41, 5.74) is 0.180. The number of benzene rings is 2. The maximum atomic E-state index is 11.7. The van der Waals surface area contributed by atoms with Gasteiger partial charge in [0.2, 0.25) is 0 Å². The Labute approximate surface area is 111 Å². The summed E-state index contributed by atoms with van der Waals surface area (Å²) in [5, 5.41) is 0. The Bertz CT molecular complexity index is 495. The van der Waals surface area contributed by atoms with E-state index in [1.54, 1.807) is 0 Å². The predicted molar refractivity (Wildman–Crippen MR) is 71.7 cm³/mol. The molecular weight excluding hydrogens is 240 g/mol. The van der Waals surface area contributed by atoms with Gasteiger partial charge in [0, 0.05) is 0 Å². The Balaban J connectivity index is 2.54. The molecule has 0 N–H and O–H groups in total. The molecule has 0 saturated carbocycles. The minimum atomic E-state index is -1.23. The van der Waals surface area contributed by atoms with Gasteiger partial charge in [-0.05, 0) is 11.1 Å². The molecule has 0 aromatic heterocycles. The first-order chi connectivity index (χ1) is 9.33. The van der Waals surface area contributed by atoms with Crippen molar-refractivity contribution in [2.24, 2.45) is 0 Å². The van der Waals surface area contributed by atoms with Gasteiger partial charge in [-0.25, -0.2) is 0 Å². The largest absolute Gasteiger partial charge is 0.351 e. The smallest absolute Gasteiger partial charge is 0.174 e. The molecule has 0 heterocycles. The highest BCUT2D eigenvalue weighted by molar-refractivity contribution is 5.73. The fourth-order valence-electron chi connectivity index (χ4n) is 2.04. The third-order valence-corrected chi connectivity index (χ3v) is 2.95. The van der Waals surface area contributed by atoms with Crippen molar-refractivity contribution in [3.8, 4) is 0 Å². The molecule has 0 unspecified atom stereocenters. The second kappa shape index (κ2) is 6.07. The highest BCUT2D eigenvalue weighted by atomic mass is 16.5. The summed E-state index contributed by atoms with van der Waals surface area (Å²) >= 11 is 0. The van der Waals surface area contributed by atoms with Crippen LogP contribution in [0.1, 0.15) is 11.1 Å². The van der Waals surface area contributed by atoms with Crippen LogP contribution in [0.15, 0.2) is 60.7 Å². The van der Waals surface area contributed by atoms with Gasteiger partial charge in [0.1, 0.15) is 12.9 Å². The molecule has 3 heteroatoms. The van der Waals surface area contributed by atoms with Gasteiger partial charge < -0.3 is 9.53 Å². The Morgan fingerprint density at radius 1 is 0.842 bits per heavy atom. The number of carbonyl (C=O) groups is 2. The van der Waals surface area contributed by atoms with E-state index in [9.17, 15) is 9.59 Å². The van der Waals surface area contributed by atoms with Gasteiger partial charge in [0.05, 0.1) is 0 Å². The molecule has 2 aromatic carbocycles. The average molecular weight is 254 g/mol. The summed E-state index contributed by atoms with van der Waals surface area (Å²) in [6, 6.07) is 18.3. The summed E-state index contributed by atoms with van der Waals surface area (Å²) < 4.78 is 5.56. The van der Waals surface area contributed by atoms with Crippen molar-refractivity contribution in [2.75, 3.05) is 6.61 Å². The summed E-state index contributed by atoms with van der Waals surface area (Å²) in [7, 11) is 0. The van der Waals surface area contributed by atoms with E-state index in [-0.39, 0.29) is 6.61 Å². The predicted octanol–water partition coefficient (Wildman–Crippen LogP) is 2.34. The molecule has 2 aromatic rings. The molecule has 2 rings (SSSR count). The first-order valence-corrected chi connectivity index (χ1v) is 5.98. The minimum Gasteiger partial charge on any atom is -0.351 e. The summed E-state index contributed by atoms with van der Waals surface area (Å²) in [4.78, 5) is 22.3. The zero-order valence-corrected chi connectivity index (χ0v) is 10.4. The Morgan fingerprint density at radius 2 is 1.32 bits per heavy atom. The van der Waals surface area contributed by atoms with Crippen LogP contribution < -0.4 is 0 Å². The monoisotopic (exact) mass is 254 g/mol. The second-order valence-electron chi connectivity index (χ2n) is 4.06. The minimum absolute atomic E-state index is 0.136. The van der Waals surface area contributed by atoms with Gasteiger partial charge in [-0.1, -0.05) is 60.7 Å². The van der Waals surface area contributed by atoms with E-state index in [2.05, 4.69) is 0 Å². The number of aldehydes is 2. The molecule has 19 heavy (non-hydrogen) atoms. The Morgan fingerprint density at radius 3 is 1.68 bits per heavy atom. The molecule has 0 aliphatic heterocycles. The van der Waals surface area contributed by atoms with E-state index in [1.165, 1.54) is 0 Å². The number of hydrogen-bond donors (Lipinski definition) is 0. The highest BCUT2D eigenvalue weighted by Gasteiger charge is 2.34. The van der Waals surface area contributed by atoms with Crippen molar-refractivity contribution in [3.63, 3.8) is 0 Å². The SMILES string of the molecule is O=CCOC(C=O)(c1ccccc1)c1ccccc1. The highest BCUT2D eigenvalue weighted by Crippen LogP contribution is 2.31. The van der Waals surface area contributed by atoms with Gasteiger partial charge in [-0.2, -0.15) is 0 Å². The van der Waals surface area contributed by atoms with Crippen molar-refractivity contribution < 1.29 is 14.3 Å². The number of hydrogen-bond acceptors (Lipinski definition) is 3. The van der Waals surface area contributed by atoms with Crippen LogP contribution in [0.4, 0.5) is 0 Å². The molecule has 0 aliphatic carbocycles. The zero-order chi connectivity index (χ0) is 13.6. The van der Waals surface area contributed by atoms with Crippen molar-refractivity contribution >= 4 is 12.6 Å². The standard InChI is InChI=1S/C16H14O3/c17-11-12-19-16(13-18,14-7-3-1-4-8-14)15-9-5-2-6-10-15/h1-11,13H,12H2. The van der Waals surface area contributed by atoms with E-state index in [1.807, 2.05) is 60.7 Å². The maximum Gasteiger partial charge on any atom is 0.174 e. The third kappa shape index (κ3) is 2.61. The summed E-state index contributed by atoms with van der Waals surface area (Å²) in [6.07, 6.45) is 1.38. The molecule has 0 spiro atoms. The zero-order valence-electron chi connectivity index (χ0n) is 10.4. The fourth-order valence-corrected chi connectivity index (χ4v) is 2.04. The number of ether oxygens (including phenoxy) is 1. The van der Waals surface area contributed by atoms with Crippen LogP contribution in [0, 0.1) is 0 Å². The van der Waals surface area contributed by atoms with Crippen LogP contribution in [0.25, 0.3) is 0 Å². The molecule has 96 valence electrons. The lowest BCUT2D eigenvalue weighted by Crippen LogP contribution is -2.33. The van der Waals surface area contributed by atoms with Crippen LogP contribution >= 0.6 is 0 Å². The van der Waals surface area contributed by atoms with Gasteiger partial charge in [0.15, 0.2) is 11.9 Å². The summed E-state index contributed by atoms with van der Waals surface area (Å²) in [5.74, 6) is 0. The Hall–Kier alpha value is -2.26. The molecule has 0 aliphatic rings. The summed E-state index contributed by atoms with van der Waals surface area (Å²) in [6.45, 7) is -0.136. The quantitative estimate of drug-likeness (QED) is 0.743. The van der Waals surface area contributed by atoms with Crippen molar-refractivity contribution in [3.05, 3.63) is 71.8 Å². The number of carbonyl (C=O) groups excluding carboxylic acids is 2. The lowest BCUT2D eigenvalue weighted by Gasteiger charge is -2.28. The second-order valence-corrected chi connectivity index (χ2v) is 4.06. The van der Waals surface area contributed by atoms with Crippen LogP contribution in [0.3, 0.4) is 0 Å². The molecule has 0 fully saturated rings. The molecular formula is C16H14O3.